The van der Waals surface area contributed by atoms with E-state index >= 15 is 0 Å². The summed E-state index contributed by atoms with van der Waals surface area (Å²) in [5, 5.41) is 13.1. The summed E-state index contributed by atoms with van der Waals surface area (Å²) in [6.07, 6.45) is -0.00281. The van der Waals surface area contributed by atoms with Crippen molar-refractivity contribution in [3.8, 4) is 0 Å². The van der Waals surface area contributed by atoms with Crippen LogP contribution in [0, 0.1) is 21.3 Å². The minimum absolute atomic E-state index is 0.00281. The lowest BCUT2D eigenvalue weighted by Gasteiger charge is -2.26. The van der Waals surface area contributed by atoms with Crippen LogP contribution in [0.25, 0.3) is 0 Å². The van der Waals surface area contributed by atoms with Crippen LogP contribution >= 0.6 is 0 Å². The number of benzene rings is 1. The third-order valence-corrected chi connectivity index (χ3v) is 2.95. The summed E-state index contributed by atoms with van der Waals surface area (Å²) in [5.74, 6) is -1.15. The maximum atomic E-state index is 13.1. The van der Waals surface area contributed by atoms with E-state index in [-0.39, 0.29) is 23.2 Å². The molecule has 0 aliphatic heterocycles. The van der Waals surface area contributed by atoms with Gasteiger partial charge in [-0.15, -0.1) is 0 Å². The van der Waals surface area contributed by atoms with E-state index in [1.165, 1.54) is 0 Å². The number of hydrogen-bond acceptors (Lipinski definition) is 4. The maximum absolute atomic E-state index is 13.1. The molecule has 0 aliphatic carbocycles. The summed E-state index contributed by atoms with van der Waals surface area (Å²) in [7, 11) is 0. The Morgan fingerprint density at radius 1 is 1.50 bits per heavy atom. The molecule has 1 atom stereocenters. The van der Waals surface area contributed by atoms with Gasteiger partial charge in [-0.2, -0.15) is 0 Å². The van der Waals surface area contributed by atoms with Gasteiger partial charge < -0.3 is 11.1 Å². The van der Waals surface area contributed by atoms with Gasteiger partial charge in [0.05, 0.1) is 4.92 Å². The second kappa shape index (κ2) is 5.96. The number of nitrogens with two attached hydrogens (primary N) is 1. The highest BCUT2D eigenvalue weighted by molar-refractivity contribution is 5.93. The monoisotopic (exact) mass is 283 g/mol. The average Bonchev–Trinajstić information content (AvgIpc) is 2.26. The molecule has 0 saturated carbocycles. The molecule has 1 amide bonds. The van der Waals surface area contributed by atoms with Crippen molar-refractivity contribution < 1.29 is 14.1 Å². The van der Waals surface area contributed by atoms with Crippen LogP contribution in [0.1, 0.15) is 27.2 Å². The number of nitrogens with zero attached hydrogens (tertiary/aromatic N) is 1. The number of nitro groups is 1. The van der Waals surface area contributed by atoms with Crippen LogP contribution in [0.2, 0.25) is 0 Å². The molecular formula is C13H18FN3O3. The number of rotatable bonds is 4. The molecular weight excluding hydrogens is 265 g/mol. The Bertz CT molecular complexity index is 526. The lowest BCUT2D eigenvalue weighted by molar-refractivity contribution is -0.384. The van der Waals surface area contributed by atoms with Gasteiger partial charge >= 0.3 is 0 Å². The Labute approximate surface area is 116 Å². The predicted molar refractivity (Wildman–Crippen MR) is 73.7 cm³/mol. The van der Waals surface area contributed by atoms with Crippen LogP contribution in [-0.2, 0) is 4.79 Å². The third-order valence-electron chi connectivity index (χ3n) is 2.95. The topological polar surface area (TPSA) is 98.3 Å². The lowest BCUT2D eigenvalue weighted by atomic mass is 9.85. The van der Waals surface area contributed by atoms with Crippen LogP contribution in [0.3, 0.4) is 0 Å². The first-order valence-electron chi connectivity index (χ1n) is 6.10. The smallest absolute Gasteiger partial charge is 0.292 e. The van der Waals surface area contributed by atoms with Crippen molar-refractivity contribution in [3.63, 3.8) is 0 Å². The van der Waals surface area contributed by atoms with Gasteiger partial charge in [-0.3, -0.25) is 14.9 Å². The molecule has 0 spiro atoms. The van der Waals surface area contributed by atoms with Crippen LogP contribution in [0.4, 0.5) is 15.8 Å². The molecule has 1 aromatic carbocycles. The van der Waals surface area contributed by atoms with Crippen molar-refractivity contribution >= 4 is 17.3 Å². The lowest BCUT2D eigenvalue weighted by Crippen LogP contribution is -2.38. The van der Waals surface area contributed by atoms with E-state index in [9.17, 15) is 19.3 Å². The molecule has 1 rings (SSSR count). The second-order valence-corrected chi connectivity index (χ2v) is 5.64. The molecule has 1 unspecified atom stereocenters. The predicted octanol–water partition coefficient (Wildman–Crippen LogP) is 2.44. The molecule has 110 valence electrons. The summed E-state index contributed by atoms with van der Waals surface area (Å²) in [6, 6.07) is 2.48. The molecule has 6 nitrogen and oxygen atoms in total. The number of nitro benzene ring substituents is 1. The number of amides is 1. The fourth-order valence-corrected chi connectivity index (χ4v) is 1.47. The first-order chi connectivity index (χ1) is 9.11. The maximum Gasteiger partial charge on any atom is 0.292 e. The van der Waals surface area contributed by atoms with Crippen molar-refractivity contribution in [2.45, 2.75) is 33.2 Å². The second-order valence-electron chi connectivity index (χ2n) is 5.64. The zero-order chi connectivity index (χ0) is 15.5. The highest BCUT2D eigenvalue weighted by Crippen LogP contribution is 2.26. The van der Waals surface area contributed by atoms with Gasteiger partial charge in [-0.05, 0) is 11.5 Å². The number of hydrogen-bond donors (Lipinski definition) is 2. The molecule has 0 aliphatic rings. The number of carbonyl (C=O) groups is 1. The molecule has 7 heteroatoms. The Hall–Kier alpha value is -2.02. The first-order valence-corrected chi connectivity index (χ1v) is 6.10. The quantitative estimate of drug-likeness (QED) is 0.655. The van der Waals surface area contributed by atoms with Gasteiger partial charge in [0.1, 0.15) is 11.5 Å². The van der Waals surface area contributed by atoms with Crippen molar-refractivity contribution in [1.29, 1.82) is 0 Å². The summed E-state index contributed by atoms with van der Waals surface area (Å²) >= 11 is 0. The largest absolute Gasteiger partial charge is 0.327 e. The van der Waals surface area contributed by atoms with Gasteiger partial charge in [-0.1, -0.05) is 20.8 Å². The molecule has 0 radical (unpaired) electrons. The minimum Gasteiger partial charge on any atom is -0.327 e. The Morgan fingerprint density at radius 3 is 2.60 bits per heavy atom. The van der Waals surface area contributed by atoms with E-state index in [4.69, 9.17) is 5.73 Å². The summed E-state index contributed by atoms with van der Waals surface area (Å²) in [4.78, 5) is 21.9. The van der Waals surface area contributed by atoms with Gasteiger partial charge in [0.2, 0.25) is 5.91 Å². The molecule has 3 N–H and O–H groups in total. The van der Waals surface area contributed by atoms with E-state index in [1.807, 2.05) is 20.8 Å². The fraction of sp³-hybridized carbons (Fsp3) is 0.462. The van der Waals surface area contributed by atoms with E-state index in [2.05, 4.69) is 5.32 Å². The molecule has 1 aromatic rings. The van der Waals surface area contributed by atoms with E-state index in [0.717, 1.165) is 18.2 Å². The minimum atomic E-state index is -0.682. The van der Waals surface area contributed by atoms with Crippen molar-refractivity contribution in [3.05, 3.63) is 34.1 Å². The Kier molecular flexibility index (Phi) is 4.78. The van der Waals surface area contributed by atoms with Crippen LogP contribution < -0.4 is 11.1 Å². The number of carbonyl (C=O) groups excluding carboxylic acids is 1. The van der Waals surface area contributed by atoms with Crippen molar-refractivity contribution in [2.24, 2.45) is 11.1 Å². The number of nitrogens with one attached hydrogen (secondary N) is 1. The molecule has 0 fully saturated rings. The zero-order valence-electron chi connectivity index (χ0n) is 11.6. The molecule has 0 bridgehead atoms. The van der Waals surface area contributed by atoms with Gasteiger partial charge in [0.25, 0.3) is 5.69 Å². The molecule has 0 heterocycles. The molecule has 20 heavy (non-hydrogen) atoms. The van der Waals surface area contributed by atoms with Gasteiger partial charge in [0.15, 0.2) is 0 Å². The standard InChI is InChI=1S/C13H18FN3O3/c1-13(2,3)11(15)7-12(18)16-9-6-8(14)4-5-10(9)17(19)20/h4-6,11H,7,15H2,1-3H3,(H,16,18). The molecule has 0 saturated heterocycles. The number of anilines is 1. The van der Waals surface area contributed by atoms with E-state index in [1.54, 1.807) is 0 Å². The van der Waals surface area contributed by atoms with Crippen LogP contribution in [0.5, 0.6) is 0 Å². The summed E-state index contributed by atoms with van der Waals surface area (Å²) in [5.41, 5.74) is 5.07. The molecule has 0 aromatic heterocycles. The normalized spacial score (nSPS) is 12.8. The van der Waals surface area contributed by atoms with Crippen molar-refractivity contribution in [2.75, 3.05) is 5.32 Å². The Morgan fingerprint density at radius 2 is 2.10 bits per heavy atom. The highest BCUT2D eigenvalue weighted by Gasteiger charge is 2.24. The SMILES string of the molecule is CC(C)(C)C(N)CC(=O)Nc1cc(F)ccc1[N+](=O)[O-]. The van der Waals surface area contributed by atoms with E-state index < -0.39 is 22.7 Å². The zero-order valence-corrected chi connectivity index (χ0v) is 11.6. The highest BCUT2D eigenvalue weighted by atomic mass is 19.1. The van der Waals surface area contributed by atoms with Crippen LogP contribution in [0.15, 0.2) is 18.2 Å². The first kappa shape index (κ1) is 16.0. The number of halogens is 1. The summed E-state index contributed by atoms with van der Waals surface area (Å²) in [6.45, 7) is 5.65. The fourth-order valence-electron chi connectivity index (χ4n) is 1.47. The van der Waals surface area contributed by atoms with Gasteiger partial charge in [0, 0.05) is 24.6 Å². The third kappa shape index (κ3) is 4.27. The summed E-state index contributed by atoms with van der Waals surface area (Å²) < 4.78 is 13.1. The Balaban J connectivity index is 2.86. The van der Waals surface area contributed by atoms with E-state index in [0.29, 0.717) is 0 Å². The average molecular weight is 283 g/mol. The van der Waals surface area contributed by atoms with Crippen molar-refractivity contribution in [1.82, 2.24) is 0 Å². The van der Waals surface area contributed by atoms with Crippen LogP contribution in [-0.4, -0.2) is 16.9 Å². The van der Waals surface area contributed by atoms with Gasteiger partial charge in [-0.25, -0.2) is 4.39 Å².